The van der Waals surface area contributed by atoms with E-state index in [2.05, 4.69) is 27.4 Å². The predicted molar refractivity (Wildman–Crippen MR) is 132 cm³/mol. The molecule has 30 heavy (non-hydrogen) atoms. The van der Waals surface area contributed by atoms with E-state index in [-0.39, 0.29) is 29.9 Å². The molecule has 0 radical (unpaired) electrons. The molecule has 0 bridgehead atoms. The number of piperazine rings is 1. The van der Waals surface area contributed by atoms with Crippen molar-refractivity contribution in [3.8, 4) is 5.75 Å². The number of carbonyl (C=O) groups excluding carboxylic acids is 1. The molecule has 0 unspecified atom stereocenters. The number of halogens is 1. The van der Waals surface area contributed by atoms with Gasteiger partial charge in [-0.2, -0.15) is 0 Å². The zero-order valence-corrected chi connectivity index (χ0v) is 19.8. The van der Waals surface area contributed by atoms with Crippen LogP contribution in [0.1, 0.15) is 22.8 Å². The number of nitrogens with zero attached hydrogens (tertiary/aromatic N) is 3. The number of guanidine groups is 1. The summed E-state index contributed by atoms with van der Waals surface area (Å²) in [6.07, 6.45) is 0. The van der Waals surface area contributed by atoms with Crippen molar-refractivity contribution in [1.29, 1.82) is 0 Å². The number of aromatic hydroxyl groups is 1. The number of phenols is 1. The zero-order valence-electron chi connectivity index (χ0n) is 17.5. The maximum absolute atomic E-state index is 11.7. The molecule has 7 nitrogen and oxygen atoms in total. The molecule has 2 aromatic carbocycles. The summed E-state index contributed by atoms with van der Waals surface area (Å²) in [4.78, 5) is 20.9. The van der Waals surface area contributed by atoms with Gasteiger partial charge in [0.1, 0.15) is 5.75 Å². The van der Waals surface area contributed by atoms with Gasteiger partial charge in [0.05, 0.1) is 12.2 Å². The van der Waals surface area contributed by atoms with Gasteiger partial charge in [-0.25, -0.2) is 4.99 Å². The van der Waals surface area contributed by atoms with Crippen LogP contribution in [-0.2, 0) is 6.54 Å². The number of benzene rings is 2. The van der Waals surface area contributed by atoms with Crippen molar-refractivity contribution in [2.24, 2.45) is 4.99 Å². The number of phenolic OH excluding ortho intramolecular Hbond substituents is 1. The van der Waals surface area contributed by atoms with Gasteiger partial charge in [-0.1, -0.05) is 24.3 Å². The van der Waals surface area contributed by atoms with Gasteiger partial charge in [0.25, 0.3) is 5.91 Å². The highest BCUT2D eigenvalue weighted by Crippen LogP contribution is 2.27. The van der Waals surface area contributed by atoms with E-state index < -0.39 is 0 Å². The lowest BCUT2D eigenvalue weighted by Gasteiger charge is -2.37. The van der Waals surface area contributed by atoms with Crippen molar-refractivity contribution in [2.45, 2.75) is 13.5 Å². The molecule has 1 amide bonds. The quantitative estimate of drug-likeness (QED) is 0.319. The van der Waals surface area contributed by atoms with E-state index in [9.17, 15) is 9.90 Å². The first-order valence-corrected chi connectivity index (χ1v) is 9.99. The fourth-order valence-electron chi connectivity index (χ4n) is 3.39. The SMILES string of the molecule is CCNC(=NCc1ccc(C(=O)NC)cc1)N1CCN(c2ccccc2O)CC1.I. The maximum Gasteiger partial charge on any atom is 0.251 e. The van der Waals surface area contributed by atoms with Crippen LogP contribution in [0, 0.1) is 0 Å². The maximum atomic E-state index is 11.7. The van der Waals surface area contributed by atoms with Crippen LogP contribution >= 0.6 is 24.0 Å². The molecule has 1 fully saturated rings. The van der Waals surface area contributed by atoms with E-state index in [1.165, 1.54) is 0 Å². The lowest BCUT2D eigenvalue weighted by molar-refractivity contribution is 0.0963. The van der Waals surface area contributed by atoms with Crippen LogP contribution in [0.5, 0.6) is 5.75 Å². The molecular formula is C22H30IN5O2. The average Bonchev–Trinajstić information content (AvgIpc) is 2.77. The normalized spacial score (nSPS) is 14.1. The highest BCUT2D eigenvalue weighted by molar-refractivity contribution is 14.0. The van der Waals surface area contributed by atoms with Crippen molar-refractivity contribution in [1.82, 2.24) is 15.5 Å². The van der Waals surface area contributed by atoms with Crippen LogP contribution in [0.2, 0.25) is 0 Å². The summed E-state index contributed by atoms with van der Waals surface area (Å²) in [6.45, 7) is 6.72. The number of para-hydroxylation sites is 2. The summed E-state index contributed by atoms with van der Waals surface area (Å²) in [5.41, 5.74) is 2.58. The molecule has 0 atom stereocenters. The van der Waals surface area contributed by atoms with Crippen LogP contribution in [0.15, 0.2) is 53.5 Å². The average molecular weight is 523 g/mol. The Morgan fingerprint density at radius 3 is 2.33 bits per heavy atom. The smallest absolute Gasteiger partial charge is 0.251 e. The third-order valence-corrected chi connectivity index (χ3v) is 4.99. The molecule has 0 aliphatic carbocycles. The van der Waals surface area contributed by atoms with E-state index in [0.29, 0.717) is 17.9 Å². The molecule has 3 rings (SSSR count). The molecule has 0 saturated carbocycles. The van der Waals surface area contributed by atoms with Crippen LogP contribution in [0.25, 0.3) is 0 Å². The number of hydrogen-bond acceptors (Lipinski definition) is 4. The van der Waals surface area contributed by atoms with Crippen molar-refractivity contribution in [2.75, 3.05) is 44.7 Å². The van der Waals surface area contributed by atoms with E-state index >= 15 is 0 Å². The van der Waals surface area contributed by atoms with Gasteiger partial charge in [0.2, 0.25) is 0 Å². The molecule has 1 aliphatic rings. The monoisotopic (exact) mass is 523 g/mol. The molecule has 8 heteroatoms. The Kier molecular flexibility index (Phi) is 9.22. The van der Waals surface area contributed by atoms with Crippen LogP contribution in [0.3, 0.4) is 0 Å². The molecular weight excluding hydrogens is 493 g/mol. The Hall–Kier alpha value is -2.49. The molecule has 0 aromatic heterocycles. The minimum absolute atomic E-state index is 0. The Morgan fingerprint density at radius 2 is 1.73 bits per heavy atom. The summed E-state index contributed by atoms with van der Waals surface area (Å²) in [6, 6.07) is 15.0. The second-order valence-corrected chi connectivity index (χ2v) is 6.91. The van der Waals surface area contributed by atoms with E-state index in [1.54, 1.807) is 13.1 Å². The van der Waals surface area contributed by atoms with Crippen molar-refractivity contribution in [3.05, 3.63) is 59.7 Å². The Labute approximate surface area is 195 Å². The van der Waals surface area contributed by atoms with Crippen molar-refractivity contribution in [3.63, 3.8) is 0 Å². The zero-order chi connectivity index (χ0) is 20.6. The lowest BCUT2D eigenvalue weighted by atomic mass is 10.1. The second-order valence-electron chi connectivity index (χ2n) is 6.91. The predicted octanol–water partition coefficient (Wildman–Crippen LogP) is 2.66. The molecule has 1 aliphatic heterocycles. The van der Waals surface area contributed by atoms with Gasteiger partial charge in [-0.15, -0.1) is 24.0 Å². The first-order chi connectivity index (χ1) is 14.1. The number of aliphatic imine (C=N–C) groups is 1. The highest BCUT2D eigenvalue weighted by atomic mass is 127. The number of carbonyl (C=O) groups is 1. The second kappa shape index (κ2) is 11.6. The minimum atomic E-state index is -0.0873. The van der Waals surface area contributed by atoms with E-state index in [1.807, 2.05) is 42.5 Å². The molecule has 3 N–H and O–H groups in total. The van der Waals surface area contributed by atoms with Gasteiger partial charge >= 0.3 is 0 Å². The van der Waals surface area contributed by atoms with Gasteiger partial charge in [0, 0.05) is 45.3 Å². The number of nitrogens with one attached hydrogen (secondary N) is 2. The first-order valence-electron chi connectivity index (χ1n) is 9.99. The minimum Gasteiger partial charge on any atom is -0.506 e. The molecule has 2 aromatic rings. The van der Waals surface area contributed by atoms with Crippen LogP contribution in [0.4, 0.5) is 5.69 Å². The largest absolute Gasteiger partial charge is 0.506 e. The number of rotatable bonds is 5. The fraction of sp³-hybridized carbons (Fsp3) is 0.364. The number of amides is 1. The van der Waals surface area contributed by atoms with E-state index in [0.717, 1.165) is 49.9 Å². The summed E-state index contributed by atoms with van der Waals surface area (Å²) >= 11 is 0. The first kappa shape index (κ1) is 23.8. The summed E-state index contributed by atoms with van der Waals surface area (Å²) in [5, 5.41) is 16.1. The van der Waals surface area contributed by atoms with Crippen molar-refractivity contribution >= 4 is 41.5 Å². The molecule has 1 saturated heterocycles. The Morgan fingerprint density at radius 1 is 1.07 bits per heavy atom. The number of anilines is 1. The van der Waals surface area contributed by atoms with Gasteiger partial charge in [0.15, 0.2) is 5.96 Å². The van der Waals surface area contributed by atoms with Gasteiger partial charge in [-0.3, -0.25) is 4.79 Å². The summed E-state index contributed by atoms with van der Waals surface area (Å²) in [7, 11) is 1.63. The van der Waals surface area contributed by atoms with E-state index in [4.69, 9.17) is 4.99 Å². The van der Waals surface area contributed by atoms with Crippen LogP contribution < -0.4 is 15.5 Å². The Bertz CT molecular complexity index is 849. The summed E-state index contributed by atoms with van der Waals surface area (Å²) < 4.78 is 0. The van der Waals surface area contributed by atoms with Gasteiger partial charge < -0.3 is 25.5 Å². The molecule has 1 heterocycles. The molecule has 0 spiro atoms. The summed E-state index contributed by atoms with van der Waals surface area (Å²) in [5.74, 6) is 1.12. The Balaban J connectivity index is 0.00000320. The topological polar surface area (TPSA) is 80.2 Å². The highest BCUT2D eigenvalue weighted by Gasteiger charge is 2.21. The van der Waals surface area contributed by atoms with Crippen LogP contribution in [-0.4, -0.2) is 61.6 Å². The lowest BCUT2D eigenvalue weighted by Crippen LogP contribution is -2.52. The van der Waals surface area contributed by atoms with Gasteiger partial charge in [-0.05, 0) is 36.8 Å². The third-order valence-electron chi connectivity index (χ3n) is 4.99. The fourth-order valence-corrected chi connectivity index (χ4v) is 3.39. The number of hydrogen-bond donors (Lipinski definition) is 3. The molecule has 162 valence electrons. The van der Waals surface area contributed by atoms with Crippen molar-refractivity contribution < 1.29 is 9.90 Å². The standard InChI is InChI=1S/C22H29N5O2.HI/c1-3-24-22(25-16-17-8-10-18(11-9-17)21(29)23-2)27-14-12-26(13-15-27)19-6-4-5-7-20(19)28;/h4-11,28H,3,12-16H2,1-2H3,(H,23,29)(H,24,25);1H. The third kappa shape index (κ3) is 6.01.